The predicted molar refractivity (Wildman–Crippen MR) is 77.8 cm³/mol. The largest absolute Gasteiger partial charge is 0.489 e. The van der Waals surface area contributed by atoms with Crippen LogP contribution in [0.25, 0.3) is 10.8 Å². The Morgan fingerprint density at radius 3 is 3.05 bits per heavy atom. The molecule has 1 aliphatic heterocycles. The van der Waals surface area contributed by atoms with Crippen molar-refractivity contribution in [3.63, 3.8) is 0 Å². The van der Waals surface area contributed by atoms with Crippen LogP contribution in [0.2, 0.25) is 0 Å². The lowest BCUT2D eigenvalue weighted by Gasteiger charge is -2.31. The highest BCUT2D eigenvalue weighted by Crippen LogP contribution is 2.22. The maximum atomic E-state index is 11.6. The average Bonchev–Trinajstić information content (AvgIpc) is 2.47. The standard InChI is InChI=1S/C15H16N2O4/c18-14-13-4-3-11(8-10(13)5-6-16-14)21-12-2-1-7-17(9-12)15(19)20/h3-6,8,12H,1-2,7,9H2,(H,16,18)(H,19,20). The van der Waals surface area contributed by atoms with Gasteiger partial charge in [-0.3, -0.25) is 4.79 Å². The number of benzene rings is 1. The van der Waals surface area contributed by atoms with Crippen molar-refractivity contribution in [1.82, 2.24) is 9.88 Å². The molecule has 1 unspecified atom stereocenters. The molecule has 6 heteroatoms. The predicted octanol–water partition coefficient (Wildman–Crippen LogP) is 2.05. The van der Waals surface area contributed by atoms with Gasteiger partial charge in [-0.1, -0.05) is 0 Å². The molecule has 0 radical (unpaired) electrons. The number of amides is 1. The molecular weight excluding hydrogens is 272 g/mol. The molecule has 1 fully saturated rings. The fraction of sp³-hybridized carbons (Fsp3) is 0.333. The molecule has 1 aliphatic rings. The lowest BCUT2D eigenvalue weighted by Crippen LogP contribution is -2.43. The van der Waals surface area contributed by atoms with E-state index in [0.29, 0.717) is 24.2 Å². The lowest BCUT2D eigenvalue weighted by molar-refractivity contribution is 0.0792. The number of aromatic amines is 1. The van der Waals surface area contributed by atoms with Crippen LogP contribution in [0.15, 0.2) is 35.3 Å². The summed E-state index contributed by atoms with van der Waals surface area (Å²) in [7, 11) is 0. The van der Waals surface area contributed by atoms with Gasteiger partial charge in [0.2, 0.25) is 0 Å². The molecule has 110 valence electrons. The number of likely N-dealkylation sites (tertiary alicyclic amines) is 1. The summed E-state index contributed by atoms with van der Waals surface area (Å²) >= 11 is 0. The molecule has 0 bridgehead atoms. The summed E-state index contributed by atoms with van der Waals surface area (Å²) in [6.07, 6.45) is 2.17. The molecule has 3 rings (SSSR count). The smallest absolute Gasteiger partial charge is 0.407 e. The lowest BCUT2D eigenvalue weighted by atomic mass is 10.1. The van der Waals surface area contributed by atoms with E-state index >= 15 is 0 Å². The van der Waals surface area contributed by atoms with Crippen LogP contribution in [0.4, 0.5) is 4.79 Å². The Balaban J connectivity index is 1.78. The Labute approximate surface area is 121 Å². The number of nitrogens with one attached hydrogen (secondary N) is 1. The van der Waals surface area contributed by atoms with Crippen molar-refractivity contribution in [2.45, 2.75) is 18.9 Å². The van der Waals surface area contributed by atoms with Gasteiger partial charge in [0.25, 0.3) is 5.56 Å². The molecule has 0 aliphatic carbocycles. The molecule has 2 aromatic rings. The molecule has 21 heavy (non-hydrogen) atoms. The van der Waals surface area contributed by atoms with Crippen molar-refractivity contribution >= 4 is 16.9 Å². The van der Waals surface area contributed by atoms with Crippen molar-refractivity contribution in [2.24, 2.45) is 0 Å². The summed E-state index contributed by atoms with van der Waals surface area (Å²) in [5.74, 6) is 0.658. The molecule has 0 spiro atoms. The normalized spacial score (nSPS) is 18.7. The first-order valence-corrected chi connectivity index (χ1v) is 6.89. The van der Waals surface area contributed by atoms with E-state index in [1.54, 1.807) is 18.3 Å². The number of hydrogen-bond acceptors (Lipinski definition) is 3. The number of rotatable bonds is 2. The first-order chi connectivity index (χ1) is 10.1. The Morgan fingerprint density at radius 1 is 1.38 bits per heavy atom. The number of H-pyrrole nitrogens is 1. The number of aromatic nitrogens is 1. The number of fused-ring (bicyclic) bond motifs is 1. The van der Waals surface area contributed by atoms with Crippen molar-refractivity contribution in [3.05, 3.63) is 40.8 Å². The second-order valence-corrected chi connectivity index (χ2v) is 5.17. The van der Waals surface area contributed by atoms with Gasteiger partial charge in [0.1, 0.15) is 11.9 Å². The van der Waals surface area contributed by atoms with Gasteiger partial charge in [-0.05, 0) is 42.5 Å². The number of carboxylic acid groups (broad SMARTS) is 1. The fourth-order valence-corrected chi connectivity index (χ4v) is 2.64. The topological polar surface area (TPSA) is 82.6 Å². The quantitative estimate of drug-likeness (QED) is 0.886. The van der Waals surface area contributed by atoms with E-state index in [1.165, 1.54) is 4.90 Å². The zero-order valence-electron chi connectivity index (χ0n) is 11.4. The van der Waals surface area contributed by atoms with Crippen molar-refractivity contribution < 1.29 is 14.6 Å². The van der Waals surface area contributed by atoms with Crippen molar-refractivity contribution in [3.8, 4) is 5.75 Å². The number of ether oxygens (including phenoxy) is 1. The third-order valence-corrected chi connectivity index (χ3v) is 3.70. The first-order valence-electron chi connectivity index (χ1n) is 6.89. The molecule has 1 aromatic carbocycles. The minimum absolute atomic E-state index is 0.131. The number of pyridine rings is 1. The van der Waals surface area contributed by atoms with E-state index in [2.05, 4.69) is 4.98 Å². The van der Waals surface area contributed by atoms with Crippen molar-refractivity contribution in [2.75, 3.05) is 13.1 Å². The second-order valence-electron chi connectivity index (χ2n) is 5.17. The highest BCUT2D eigenvalue weighted by molar-refractivity contribution is 5.82. The Hall–Kier alpha value is -2.50. The van der Waals surface area contributed by atoms with E-state index in [1.807, 2.05) is 12.1 Å². The fourth-order valence-electron chi connectivity index (χ4n) is 2.64. The summed E-state index contributed by atoms with van der Waals surface area (Å²) in [6.45, 7) is 0.936. The highest BCUT2D eigenvalue weighted by atomic mass is 16.5. The van der Waals surface area contributed by atoms with Crippen LogP contribution < -0.4 is 10.3 Å². The Bertz CT molecular complexity index is 725. The zero-order valence-corrected chi connectivity index (χ0v) is 11.4. The van der Waals surface area contributed by atoms with Gasteiger partial charge in [0.05, 0.1) is 6.54 Å². The Morgan fingerprint density at radius 2 is 2.24 bits per heavy atom. The van der Waals surface area contributed by atoms with Gasteiger partial charge in [0.15, 0.2) is 0 Å². The second kappa shape index (κ2) is 5.47. The summed E-state index contributed by atoms with van der Waals surface area (Å²) in [6, 6.07) is 7.09. The highest BCUT2D eigenvalue weighted by Gasteiger charge is 2.24. The van der Waals surface area contributed by atoms with Gasteiger partial charge in [-0.2, -0.15) is 0 Å². The summed E-state index contributed by atoms with van der Waals surface area (Å²) in [5.41, 5.74) is -0.131. The molecule has 0 saturated carbocycles. The van der Waals surface area contributed by atoms with E-state index in [9.17, 15) is 9.59 Å². The zero-order chi connectivity index (χ0) is 14.8. The molecular formula is C15H16N2O4. The van der Waals surface area contributed by atoms with Gasteiger partial charge < -0.3 is 19.7 Å². The number of carbonyl (C=O) groups is 1. The molecule has 1 aromatic heterocycles. The third-order valence-electron chi connectivity index (χ3n) is 3.70. The Kier molecular flexibility index (Phi) is 3.51. The van der Waals surface area contributed by atoms with Crippen LogP contribution in [0.1, 0.15) is 12.8 Å². The summed E-state index contributed by atoms with van der Waals surface area (Å²) < 4.78 is 5.87. The van der Waals surface area contributed by atoms with Crippen LogP contribution in [-0.4, -0.2) is 40.3 Å². The maximum Gasteiger partial charge on any atom is 0.407 e. The van der Waals surface area contributed by atoms with E-state index < -0.39 is 6.09 Å². The van der Waals surface area contributed by atoms with E-state index in [4.69, 9.17) is 9.84 Å². The first kappa shape index (κ1) is 13.5. The third kappa shape index (κ3) is 2.84. The van der Waals surface area contributed by atoms with Crippen LogP contribution in [-0.2, 0) is 0 Å². The van der Waals surface area contributed by atoms with Crippen LogP contribution in [0, 0.1) is 0 Å². The number of piperidine rings is 1. The molecule has 2 heterocycles. The van der Waals surface area contributed by atoms with Crippen LogP contribution >= 0.6 is 0 Å². The van der Waals surface area contributed by atoms with Gasteiger partial charge >= 0.3 is 6.09 Å². The summed E-state index contributed by atoms with van der Waals surface area (Å²) in [5, 5.41) is 10.4. The van der Waals surface area contributed by atoms with Gasteiger partial charge in [-0.25, -0.2) is 4.79 Å². The summed E-state index contributed by atoms with van der Waals surface area (Å²) in [4.78, 5) is 26.6. The molecule has 1 saturated heterocycles. The van der Waals surface area contributed by atoms with Crippen molar-refractivity contribution in [1.29, 1.82) is 0 Å². The minimum atomic E-state index is -0.909. The molecule has 2 N–H and O–H groups in total. The monoisotopic (exact) mass is 288 g/mol. The van der Waals surface area contributed by atoms with Gasteiger partial charge in [0, 0.05) is 18.1 Å². The minimum Gasteiger partial charge on any atom is -0.489 e. The molecule has 1 atom stereocenters. The average molecular weight is 288 g/mol. The maximum absolute atomic E-state index is 11.6. The van der Waals surface area contributed by atoms with E-state index in [-0.39, 0.29) is 11.7 Å². The number of hydrogen-bond donors (Lipinski definition) is 2. The molecule has 6 nitrogen and oxygen atoms in total. The van der Waals surface area contributed by atoms with E-state index in [0.717, 1.165) is 18.2 Å². The number of nitrogens with zero attached hydrogens (tertiary/aromatic N) is 1. The van der Waals surface area contributed by atoms with Crippen LogP contribution in [0.5, 0.6) is 5.75 Å². The SMILES string of the molecule is O=C(O)N1CCCC(Oc2ccc3c(=O)[nH]ccc3c2)C1. The molecule has 1 amide bonds. The van der Waals surface area contributed by atoms with Gasteiger partial charge in [-0.15, -0.1) is 0 Å². The van der Waals surface area contributed by atoms with Crippen LogP contribution in [0.3, 0.4) is 0 Å².